The normalized spacial score (nSPS) is 17.8. The topological polar surface area (TPSA) is 93.2 Å². The second-order valence-electron chi connectivity index (χ2n) is 8.75. The SMILES string of the molecule is O=C(OCC(=O)N1CCC(Cc2ccccc2)CC1)c1ccc(Br)c(S(=O)(=O)N2CCOCC2)c1. The smallest absolute Gasteiger partial charge is 0.338 e. The van der Waals surface area contributed by atoms with Crippen molar-refractivity contribution in [2.45, 2.75) is 24.2 Å². The summed E-state index contributed by atoms with van der Waals surface area (Å²) in [6.07, 6.45) is 2.81. The van der Waals surface area contributed by atoms with E-state index in [2.05, 4.69) is 28.1 Å². The van der Waals surface area contributed by atoms with Gasteiger partial charge in [0.25, 0.3) is 5.91 Å². The van der Waals surface area contributed by atoms with Crippen molar-refractivity contribution in [3.05, 3.63) is 64.1 Å². The summed E-state index contributed by atoms with van der Waals surface area (Å²) in [6.45, 7) is 2.04. The number of carbonyl (C=O) groups excluding carboxylic acids is 2. The Kier molecular flexibility index (Phi) is 8.59. The molecule has 2 aliphatic heterocycles. The minimum atomic E-state index is -3.80. The van der Waals surface area contributed by atoms with Crippen LogP contribution in [-0.4, -0.2) is 75.5 Å². The molecule has 0 aromatic heterocycles. The van der Waals surface area contributed by atoms with Crippen molar-refractivity contribution >= 4 is 37.8 Å². The van der Waals surface area contributed by atoms with Gasteiger partial charge in [0.05, 0.1) is 23.7 Å². The first kappa shape index (κ1) is 25.8. The molecular formula is C25H29BrN2O6S. The van der Waals surface area contributed by atoms with Gasteiger partial charge in [-0.05, 0) is 64.9 Å². The average molecular weight is 565 g/mol. The molecule has 2 heterocycles. The van der Waals surface area contributed by atoms with Crippen molar-refractivity contribution in [1.29, 1.82) is 0 Å². The molecule has 1 amide bonds. The van der Waals surface area contributed by atoms with Crippen LogP contribution in [0.2, 0.25) is 0 Å². The molecule has 2 fully saturated rings. The zero-order valence-corrected chi connectivity index (χ0v) is 21.8. The third-order valence-corrected chi connectivity index (χ3v) is 9.31. The Morgan fingerprint density at radius 3 is 2.37 bits per heavy atom. The van der Waals surface area contributed by atoms with Gasteiger partial charge in [-0.3, -0.25) is 4.79 Å². The fourth-order valence-electron chi connectivity index (χ4n) is 4.39. The fraction of sp³-hybridized carbons (Fsp3) is 0.440. The first-order valence-corrected chi connectivity index (χ1v) is 13.9. The quantitative estimate of drug-likeness (QED) is 0.480. The van der Waals surface area contributed by atoms with Gasteiger partial charge in [0.2, 0.25) is 10.0 Å². The highest BCUT2D eigenvalue weighted by Crippen LogP contribution is 2.27. The molecule has 0 atom stereocenters. The molecule has 0 radical (unpaired) electrons. The van der Waals surface area contributed by atoms with E-state index in [0.717, 1.165) is 19.3 Å². The van der Waals surface area contributed by atoms with E-state index >= 15 is 0 Å². The predicted octanol–water partition coefficient (Wildman–Crippen LogP) is 3.11. The Balaban J connectivity index is 1.31. The van der Waals surface area contributed by atoms with Crippen LogP contribution in [0.1, 0.15) is 28.8 Å². The summed E-state index contributed by atoms with van der Waals surface area (Å²) in [7, 11) is -3.80. The van der Waals surface area contributed by atoms with Crippen LogP contribution in [-0.2, 0) is 30.7 Å². The number of nitrogens with zero attached hydrogens (tertiary/aromatic N) is 2. The van der Waals surface area contributed by atoms with Crippen LogP contribution in [0.3, 0.4) is 0 Å². The number of ether oxygens (including phenoxy) is 2. The van der Waals surface area contributed by atoms with Crippen molar-refractivity contribution in [3.8, 4) is 0 Å². The molecule has 0 N–H and O–H groups in total. The first-order chi connectivity index (χ1) is 16.8. The lowest BCUT2D eigenvalue weighted by Crippen LogP contribution is -2.41. The van der Waals surface area contributed by atoms with Gasteiger partial charge in [-0.15, -0.1) is 0 Å². The number of hydrogen-bond acceptors (Lipinski definition) is 6. The van der Waals surface area contributed by atoms with Crippen molar-refractivity contribution in [1.82, 2.24) is 9.21 Å². The maximum Gasteiger partial charge on any atom is 0.338 e. The van der Waals surface area contributed by atoms with E-state index in [-0.39, 0.29) is 36.1 Å². The van der Waals surface area contributed by atoms with E-state index < -0.39 is 16.0 Å². The molecule has 0 unspecified atom stereocenters. The Bertz CT molecular complexity index is 1140. The van der Waals surface area contributed by atoms with Crippen molar-refractivity contribution < 1.29 is 27.5 Å². The second-order valence-corrected chi connectivity index (χ2v) is 11.5. The zero-order valence-electron chi connectivity index (χ0n) is 19.4. The summed E-state index contributed by atoms with van der Waals surface area (Å²) in [5.41, 5.74) is 1.38. The lowest BCUT2D eigenvalue weighted by atomic mass is 9.90. The number of piperidine rings is 1. The number of sulfonamides is 1. The summed E-state index contributed by atoms with van der Waals surface area (Å²) in [4.78, 5) is 26.9. The molecule has 0 spiro atoms. The van der Waals surface area contributed by atoms with Crippen LogP contribution in [0.4, 0.5) is 0 Å². The Labute approximate surface area is 214 Å². The van der Waals surface area contributed by atoms with Crippen LogP contribution in [0.5, 0.6) is 0 Å². The van der Waals surface area contributed by atoms with Crippen molar-refractivity contribution in [2.24, 2.45) is 5.92 Å². The highest BCUT2D eigenvalue weighted by molar-refractivity contribution is 9.10. The van der Waals surface area contributed by atoms with E-state index in [1.54, 1.807) is 4.90 Å². The lowest BCUT2D eigenvalue weighted by molar-refractivity contribution is -0.135. The van der Waals surface area contributed by atoms with Gasteiger partial charge < -0.3 is 14.4 Å². The number of likely N-dealkylation sites (tertiary alicyclic amines) is 1. The van der Waals surface area contributed by atoms with Crippen LogP contribution >= 0.6 is 15.9 Å². The van der Waals surface area contributed by atoms with Gasteiger partial charge in [0, 0.05) is 30.7 Å². The molecule has 8 nitrogen and oxygen atoms in total. The number of benzene rings is 2. The second kappa shape index (κ2) is 11.6. The summed E-state index contributed by atoms with van der Waals surface area (Å²) < 4.78 is 38.2. The van der Waals surface area contributed by atoms with Crippen LogP contribution < -0.4 is 0 Å². The molecular weight excluding hydrogens is 536 g/mol. The summed E-state index contributed by atoms with van der Waals surface area (Å²) in [5, 5.41) is 0. The number of esters is 1. The molecule has 2 aromatic rings. The third kappa shape index (κ3) is 6.49. The molecule has 0 saturated carbocycles. The van der Waals surface area contributed by atoms with Gasteiger partial charge in [0.15, 0.2) is 6.61 Å². The fourth-order valence-corrected chi connectivity index (χ4v) is 6.75. The van der Waals surface area contributed by atoms with Gasteiger partial charge in [0.1, 0.15) is 0 Å². The highest BCUT2D eigenvalue weighted by Gasteiger charge is 2.29. The minimum Gasteiger partial charge on any atom is -0.452 e. The summed E-state index contributed by atoms with van der Waals surface area (Å²) >= 11 is 3.27. The maximum atomic E-state index is 13.0. The Morgan fingerprint density at radius 1 is 1.00 bits per heavy atom. The van der Waals surface area contributed by atoms with E-state index in [4.69, 9.17) is 9.47 Å². The molecule has 0 aliphatic carbocycles. The molecule has 10 heteroatoms. The van der Waals surface area contributed by atoms with E-state index in [1.807, 2.05) is 18.2 Å². The number of hydrogen-bond donors (Lipinski definition) is 0. The van der Waals surface area contributed by atoms with Gasteiger partial charge >= 0.3 is 5.97 Å². The lowest BCUT2D eigenvalue weighted by Gasteiger charge is -2.32. The van der Waals surface area contributed by atoms with Gasteiger partial charge in [-0.25, -0.2) is 13.2 Å². The van der Waals surface area contributed by atoms with E-state index in [9.17, 15) is 18.0 Å². The largest absolute Gasteiger partial charge is 0.452 e. The standard InChI is InChI=1S/C25H29BrN2O6S/c26-22-7-6-21(17-23(22)35(31,32)28-12-14-33-15-13-28)25(30)34-18-24(29)27-10-8-20(9-11-27)16-19-4-2-1-3-5-19/h1-7,17,20H,8-16,18H2. The van der Waals surface area contributed by atoms with Gasteiger partial charge in [-0.2, -0.15) is 4.31 Å². The van der Waals surface area contributed by atoms with Crippen molar-refractivity contribution in [3.63, 3.8) is 0 Å². The van der Waals surface area contributed by atoms with Crippen LogP contribution in [0.25, 0.3) is 0 Å². The Morgan fingerprint density at radius 2 is 1.69 bits per heavy atom. The first-order valence-electron chi connectivity index (χ1n) is 11.7. The number of rotatable bonds is 7. The summed E-state index contributed by atoms with van der Waals surface area (Å²) in [6, 6.07) is 14.6. The minimum absolute atomic E-state index is 0.0133. The van der Waals surface area contributed by atoms with Crippen LogP contribution in [0, 0.1) is 5.92 Å². The zero-order chi connectivity index (χ0) is 24.8. The molecule has 2 aliphatic rings. The van der Waals surface area contributed by atoms with Crippen molar-refractivity contribution in [2.75, 3.05) is 46.0 Å². The Hall–Kier alpha value is -2.27. The van der Waals surface area contributed by atoms with E-state index in [1.165, 1.54) is 28.1 Å². The van der Waals surface area contributed by atoms with Crippen LogP contribution in [0.15, 0.2) is 57.9 Å². The van der Waals surface area contributed by atoms with E-state index in [0.29, 0.717) is 36.7 Å². The number of halogens is 1. The monoisotopic (exact) mass is 564 g/mol. The molecule has 35 heavy (non-hydrogen) atoms. The molecule has 2 aromatic carbocycles. The number of amides is 1. The predicted molar refractivity (Wildman–Crippen MR) is 133 cm³/mol. The molecule has 0 bridgehead atoms. The number of carbonyl (C=O) groups is 2. The highest BCUT2D eigenvalue weighted by atomic mass is 79.9. The molecule has 4 rings (SSSR count). The number of morpholine rings is 1. The average Bonchev–Trinajstić information content (AvgIpc) is 2.89. The molecule has 2 saturated heterocycles. The maximum absolute atomic E-state index is 13.0. The third-order valence-electron chi connectivity index (χ3n) is 6.42. The van der Waals surface area contributed by atoms with Gasteiger partial charge in [-0.1, -0.05) is 30.3 Å². The molecule has 188 valence electrons. The summed E-state index contributed by atoms with van der Waals surface area (Å²) in [5.74, 6) is -0.448.